The standard InChI is InChI=1S/C16H21NS/c17-15(10-9-12-5-1-2-6-12)14-11-18-16-8-4-3-7-13(14)16/h3-4,7-8,11-12,15H,1-2,5-6,9-10,17H2. The van der Waals surface area contributed by atoms with Crippen LogP contribution in [0.25, 0.3) is 10.1 Å². The van der Waals surface area contributed by atoms with Crippen molar-refractivity contribution in [2.24, 2.45) is 11.7 Å². The van der Waals surface area contributed by atoms with Crippen molar-refractivity contribution in [2.75, 3.05) is 0 Å². The maximum atomic E-state index is 6.39. The summed E-state index contributed by atoms with van der Waals surface area (Å²) in [6.07, 6.45) is 8.17. The maximum absolute atomic E-state index is 6.39. The zero-order valence-electron chi connectivity index (χ0n) is 10.8. The molecule has 1 unspecified atom stereocenters. The van der Waals surface area contributed by atoms with Gasteiger partial charge in [-0.1, -0.05) is 43.9 Å². The van der Waals surface area contributed by atoms with Gasteiger partial charge in [-0.25, -0.2) is 0 Å². The second-order valence-electron chi connectivity index (χ2n) is 5.52. The Hall–Kier alpha value is -0.860. The second-order valence-corrected chi connectivity index (χ2v) is 6.43. The number of fused-ring (bicyclic) bond motifs is 1. The molecule has 1 saturated carbocycles. The fourth-order valence-corrected chi connectivity index (χ4v) is 4.18. The van der Waals surface area contributed by atoms with Crippen LogP contribution in [0.4, 0.5) is 0 Å². The van der Waals surface area contributed by atoms with Gasteiger partial charge in [-0.15, -0.1) is 11.3 Å². The zero-order chi connectivity index (χ0) is 12.4. The van der Waals surface area contributed by atoms with E-state index in [1.165, 1.54) is 47.8 Å². The minimum absolute atomic E-state index is 0.224. The van der Waals surface area contributed by atoms with Crippen LogP contribution in [0, 0.1) is 5.92 Å². The van der Waals surface area contributed by atoms with Gasteiger partial charge in [-0.2, -0.15) is 0 Å². The van der Waals surface area contributed by atoms with Gasteiger partial charge >= 0.3 is 0 Å². The molecule has 1 aliphatic rings. The van der Waals surface area contributed by atoms with Gasteiger partial charge in [0.05, 0.1) is 0 Å². The van der Waals surface area contributed by atoms with Crippen molar-refractivity contribution in [2.45, 2.75) is 44.6 Å². The van der Waals surface area contributed by atoms with E-state index in [0.29, 0.717) is 0 Å². The molecule has 1 aromatic carbocycles. The molecule has 1 nitrogen and oxygen atoms in total. The van der Waals surface area contributed by atoms with Gasteiger partial charge in [0.25, 0.3) is 0 Å². The van der Waals surface area contributed by atoms with Crippen LogP contribution in [0.3, 0.4) is 0 Å². The van der Waals surface area contributed by atoms with Crippen molar-refractivity contribution in [3.8, 4) is 0 Å². The second kappa shape index (κ2) is 5.41. The van der Waals surface area contributed by atoms with E-state index < -0.39 is 0 Å². The number of hydrogen-bond acceptors (Lipinski definition) is 2. The van der Waals surface area contributed by atoms with Gasteiger partial charge in [0.15, 0.2) is 0 Å². The van der Waals surface area contributed by atoms with Crippen LogP contribution in [0.2, 0.25) is 0 Å². The van der Waals surface area contributed by atoms with Crippen molar-refractivity contribution < 1.29 is 0 Å². The molecule has 3 rings (SSSR count). The quantitative estimate of drug-likeness (QED) is 0.832. The lowest BCUT2D eigenvalue weighted by atomic mass is 9.95. The molecule has 2 aromatic rings. The Balaban J connectivity index is 1.69. The van der Waals surface area contributed by atoms with Crippen molar-refractivity contribution in [1.29, 1.82) is 0 Å². The number of nitrogens with two attached hydrogens (primary N) is 1. The van der Waals surface area contributed by atoms with Crippen molar-refractivity contribution in [3.63, 3.8) is 0 Å². The summed E-state index contributed by atoms with van der Waals surface area (Å²) in [6, 6.07) is 8.83. The highest BCUT2D eigenvalue weighted by Crippen LogP contribution is 2.34. The van der Waals surface area contributed by atoms with Gasteiger partial charge in [0.1, 0.15) is 0 Å². The molecule has 0 bridgehead atoms. The highest BCUT2D eigenvalue weighted by atomic mass is 32.1. The smallest absolute Gasteiger partial charge is 0.0346 e. The molecule has 1 atom stereocenters. The Bertz CT molecular complexity index is 511. The SMILES string of the molecule is NC(CCC1CCCC1)c1csc2ccccc12. The molecule has 18 heavy (non-hydrogen) atoms. The topological polar surface area (TPSA) is 26.0 Å². The third-order valence-electron chi connectivity index (χ3n) is 4.27. The summed E-state index contributed by atoms with van der Waals surface area (Å²) in [5, 5.41) is 3.62. The fourth-order valence-electron chi connectivity index (χ4n) is 3.16. The number of benzene rings is 1. The lowest BCUT2D eigenvalue weighted by Gasteiger charge is -2.14. The minimum Gasteiger partial charge on any atom is -0.324 e. The molecule has 1 aliphatic carbocycles. The maximum Gasteiger partial charge on any atom is 0.0346 e. The van der Waals surface area contributed by atoms with Crippen LogP contribution in [-0.4, -0.2) is 0 Å². The Kier molecular flexibility index (Phi) is 3.67. The highest BCUT2D eigenvalue weighted by molar-refractivity contribution is 7.17. The normalized spacial score (nSPS) is 18.5. The molecule has 2 N–H and O–H groups in total. The monoisotopic (exact) mass is 259 g/mol. The first kappa shape index (κ1) is 12.2. The average molecular weight is 259 g/mol. The summed E-state index contributed by atoms with van der Waals surface area (Å²) < 4.78 is 1.36. The third kappa shape index (κ3) is 2.45. The van der Waals surface area contributed by atoms with Crippen LogP contribution in [0.1, 0.15) is 50.1 Å². The molecule has 0 saturated heterocycles. The largest absolute Gasteiger partial charge is 0.324 e. The number of hydrogen-bond donors (Lipinski definition) is 1. The Morgan fingerprint density at radius 3 is 2.83 bits per heavy atom. The Labute approximate surface area is 113 Å². The van der Waals surface area contributed by atoms with E-state index in [4.69, 9.17) is 5.73 Å². The van der Waals surface area contributed by atoms with Crippen LogP contribution < -0.4 is 5.73 Å². The molecule has 2 heteroatoms. The molecule has 0 radical (unpaired) electrons. The molecule has 0 spiro atoms. The van der Waals surface area contributed by atoms with E-state index in [1.807, 2.05) is 11.3 Å². The first-order valence-electron chi connectivity index (χ1n) is 7.06. The van der Waals surface area contributed by atoms with E-state index >= 15 is 0 Å². The number of rotatable bonds is 4. The van der Waals surface area contributed by atoms with E-state index in [1.54, 1.807) is 0 Å². The van der Waals surface area contributed by atoms with E-state index in [0.717, 1.165) is 12.3 Å². The lowest BCUT2D eigenvalue weighted by molar-refractivity contribution is 0.455. The lowest BCUT2D eigenvalue weighted by Crippen LogP contribution is -2.11. The highest BCUT2D eigenvalue weighted by Gasteiger charge is 2.18. The molecule has 1 aromatic heterocycles. The molecule has 0 aliphatic heterocycles. The van der Waals surface area contributed by atoms with Gasteiger partial charge < -0.3 is 5.73 Å². The summed E-state index contributed by atoms with van der Waals surface area (Å²) in [7, 11) is 0. The summed E-state index contributed by atoms with van der Waals surface area (Å²) in [4.78, 5) is 0. The third-order valence-corrected chi connectivity index (χ3v) is 5.25. The van der Waals surface area contributed by atoms with Crippen LogP contribution in [0.5, 0.6) is 0 Å². The van der Waals surface area contributed by atoms with Gasteiger partial charge in [-0.3, -0.25) is 0 Å². The van der Waals surface area contributed by atoms with Crippen LogP contribution in [0.15, 0.2) is 29.6 Å². The first-order chi connectivity index (χ1) is 8.84. The minimum atomic E-state index is 0.224. The summed E-state index contributed by atoms with van der Waals surface area (Å²) in [5.74, 6) is 0.945. The Morgan fingerprint density at radius 1 is 1.22 bits per heavy atom. The van der Waals surface area contributed by atoms with Crippen LogP contribution in [-0.2, 0) is 0 Å². The van der Waals surface area contributed by atoms with E-state index in [2.05, 4.69) is 29.6 Å². The zero-order valence-corrected chi connectivity index (χ0v) is 11.6. The summed E-state index contributed by atoms with van der Waals surface area (Å²) >= 11 is 1.82. The molecular formula is C16H21NS. The van der Waals surface area contributed by atoms with E-state index in [9.17, 15) is 0 Å². The van der Waals surface area contributed by atoms with Crippen LogP contribution >= 0.6 is 11.3 Å². The van der Waals surface area contributed by atoms with Gasteiger partial charge in [0, 0.05) is 10.7 Å². The molecular weight excluding hydrogens is 238 g/mol. The average Bonchev–Trinajstić information content (AvgIpc) is 3.05. The van der Waals surface area contributed by atoms with Gasteiger partial charge in [0.2, 0.25) is 0 Å². The summed E-state index contributed by atoms with van der Waals surface area (Å²) in [5.41, 5.74) is 7.75. The molecule has 96 valence electrons. The van der Waals surface area contributed by atoms with Crippen molar-refractivity contribution in [3.05, 3.63) is 35.2 Å². The fraction of sp³-hybridized carbons (Fsp3) is 0.500. The number of thiophene rings is 1. The van der Waals surface area contributed by atoms with Gasteiger partial charge in [-0.05, 0) is 41.2 Å². The van der Waals surface area contributed by atoms with Crippen molar-refractivity contribution >= 4 is 21.4 Å². The predicted octanol–water partition coefficient (Wildman–Crippen LogP) is 4.87. The van der Waals surface area contributed by atoms with E-state index in [-0.39, 0.29) is 6.04 Å². The predicted molar refractivity (Wildman–Crippen MR) is 79.9 cm³/mol. The summed E-state index contributed by atoms with van der Waals surface area (Å²) in [6.45, 7) is 0. The first-order valence-corrected chi connectivity index (χ1v) is 7.94. The van der Waals surface area contributed by atoms with Crippen molar-refractivity contribution in [1.82, 2.24) is 0 Å². The molecule has 0 amide bonds. The molecule has 1 fully saturated rings. The Morgan fingerprint density at radius 2 is 2.00 bits per heavy atom. The molecule has 1 heterocycles.